The van der Waals surface area contributed by atoms with E-state index in [0.717, 1.165) is 12.1 Å². The Hall–Kier alpha value is -1.50. The molecule has 86 valence electrons. The first-order valence-corrected chi connectivity index (χ1v) is 5.07. The number of nitro groups is 1. The van der Waals surface area contributed by atoms with Crippen molar-refractivity contribution in [1.29, 1.82) is 0 Å². The second-order valence-electron chi connectivity index (χ2n) is 2.74. The molecule has 0 atom stereocenters. The van der Waals surface area contributed by atoms with Crippen LogP contribution in [-0.2, 0) is 4.74 Å². The zero-order valence-corrected chi connectivity index (χ0v) is 9.78. The van der Waals surface area contributed by atoms with Gasteiger partial charge < -0.3 is 4.74 Å². The van der Waals surface area contributed by atoms with Crippen LogP contribution in [0.2, 0.25) is 0 Å². The third kappa shape index (κ3) is 2.35. The molecule has 0 saturated heterocycles. The summed E-state index contributed by atoms with van der Waals surface area (Å²) in [6.45, 7) is 1.74. The molecular formula is C9H7BrFNO4. The van der Waals surface area contributed by atoms with Gasteiger partial charge in [0.15, 0.2) is 0 Å². The lowest BCUT2D eigenvalue weighted by atomic mass is 10.2. The van der Waals surface area contributed by atoms with Gasteiger partial charge in [-0.3, -0.25) is 10.1 Å². The monoisotopic (exact) mass is 291 g/mol. The summed E-state index contributed by atoms with van der Waals surface area (Å²) in [6, 6.07) is 1.99. The van der Waals surface area contributed by atoms with Crippen LogP contribution in [0.25, 0.3) is 0 Å². The summed E-state index contributed by atoms with van der Waals surface area (Å²) in [4.78, 5) is 21.0. The zero-order valence-electron chi connectivity index (χ0n) is 8.20. The molecule has 0 aromatic heterocycles. The molecule has 0 heterocycles. The molecule has 0 bridgehead atoms. The van der Waals surface area contributed by atoms with Crippen molar-refractivity contribution in [3.05, 3.63) is 38.1 Å². The molecule has 1 aromatic carbocycles. The second kappa shape index (κ2) is 5.02. The summed E-state index contributed by atoms with van der Waals surface area (Å²) in [6.07, 6.45) is 0. The smallest absolute Gasteiger partial charge is 0.339 e. The maximum absolute atomic E-state index is 13.1. The summed E-state index contributed by atoms with van der Waals surface area (Å²) in [5.41, 5.74) is -0.847. The zero-order chi connectivity index (χ0) is 12.3. The van der Waals surface area contributed by atoms with Gasteiger partial charge in [-0.1, -0.05) is 0 Å². The molecule has 0 amide bonds. The quantitative estimate of drug-likeness (QED) is 0.488. The molecule has 1 rings (SSSR count). The van der Waals surface area contributed by atoms with Crippen LogP contribution in [0.4, 0.5) is 10.1 Å². The Labute approximate surface area is 98.5 Å². The Morgan fingerprint density at radius 3 is 2.75 bits per heavy atom. The average Bonchev–Trinajstić information content (AvgIpc) is 2.17. The number of carbonyl (C=O) groups is 1. The highest BCUT2D eigenvalue weighted by Gasteiger charge is 2.25. The summed E-state index contributed by atoms with van der Waals surface area (Å²) < 4.78 is 17.6. The third-order valence-electron chi connectivity index (χ3n) is 1.74. The SMILES string of the molecule is CCOC(=O)c1ccc(F)c([N+](=O)[O-])c1Br. The van der Waals surface area contributed by atoms with Crippen molar-refractivity contribution in [1.82, 2.24) is 0 Å². The lowest BCUT2D eigenvalue weighted by Gasteiger charge is -2.04. The maximum Gasteiger partial charge on any atom is 0.339 e. The predicted octanol–water partition coefficient (Wildman–Crippen LogP) is 2.67. The van der Waals surface area contributed by atoms with Crippen LogP contribution in [0, 0.1) is 15.9 Å². The molecule has 0 fully saturated rings. The van der Waals surface area contributed by atoms with E-state index in [1.165, 1.54) is 0 Å². The van der Waals surface area contributed by atoms with Crippen molar-refractivity contribution in [2.45, 2.75) is 6.92 Å². The fraction of sp³-hybridized carbons (Fsp3) is 0.222. The van der Waals surface area contributed by atoms with Crippen molar-refractivity contribution in [2.75, 3.05) is 6.61 Å². The number of carbonyl (C=O) groups excluding carboxylic acids is 1. The van der Waals surface area contributed by atoms with Crippen molar-refractivity contribution >= 4 is 27.6 Å². The van der Waals surface area contributed by atoms with Gasteiger partial charge in [0.05, 0.1) is 17.1 Å². The van der Waals surface area contributed by atoms with Crippen LogP contribution in [0.1, 0.15) is 17.3 Å². The Morgan fingerprint density at radius 1 is 1.62 bits per heavy atom. The van der Waals surface area contributed by atoms with Crippen molar-refractivity contribution in [3.63, 3.8) is 0 Å². The van der Waals surface area contributed by atoms with Crippen molar-refractivity contribution in [3.8, 4) is 0 Å². The molecule has 0 saturated carbocycles. The fourth-order valence-electron chi connectivity index (χ4n) is 1.07. The number of halogens is 2. The summed E-state index contributed by atoms with van der Waals surface area (Å²) >= 11 is 2.82. The van der Waals surface area contributed by atoms with E-state index in [-0.39, 0.29) is 16.6 Å². The molecule has 7 heteroatoms. The highest BCUT2D eigenvalue weighted by molar-refractivity contribution is 9.10. The van der Waals surface area contributed by atoms with Gasteiger partial charge in [-0.25, -0.2) is 4.79 Å². The highest BCUT2D eigenvalue weighted by Crippen LogP contribution is 2.31. The van der Waals surface area contributed by atoms with E-state index in [1.807, 2.05) is 0 Å². The van der Waals surface area contributed by atoms with Gasteiger partial charge in [-0.05, 0) is 35.0 Å². The normalized spacial score (nSPS) is 9.94. The Morgan fingerprint density at radius 2 is 2.25 bits per heavy atom. The minimum Gasteiger partial charge on any atom is -0.462 e. The standard InChI is InChI=1S/C9H7BrFNO4/c1-2-16-9(13)5-3-4-6(11)8(7(5)10)12(14)15/h3-4H,2H2,1H3. The van der Waals surface area contributed by atoms with Gasteiger partial charge in [0, 0.05) is 0 Å². The van der Waals surface area contributed by atoms with E-state index in [0.29, 0.717) is 0 Å². The molecule has 0 unspecified atom stereocenters. The number of benzene rings is 1. The molecule has 0 N–H and O–H groups in total. The van der Waals surface area contributed by atoms with E-state index < -0.39 is 22.4 Å². The Balaban J connectivity index is 3.29. The first-order valence-electron chi connectivity index (χ1n) is 4.28. The van der Waals surface area contributed by atoms with Crippen LogP contribution in [-0.4, -0.2) is 17.5 Å². The molecule has 5 nitrogen and oxygen atoms in total. The molecule has 0 aliphatic rings. The molecular weight excluding hydrogens is 285 g/mol. The Kier molecular flexibility index (Phi) is 3.94. The maximum atomic E-state index is 13.1. The first-order chi connectivity index (χ1) is 7.49. The number of hydrogen-bond donors (Lipinski definition) is 0. The van der Waals surface area contributed by atoms with E-state index in [2.05, 4.69) is 20.7 Å². The van der Waals surface area contributed by atoms with Gasteiger partial charge in [0.25, 0.3) is 0 Å². The third-order valence-corrected chi connectivity index (χ3v) is 2.55. The van der Waals surface area contributed by atoms with E-state index >= 15 is 0 Å². The van der Waals surface area contributed by atoms with Gasteiger partial charge in [0.1, 0.15) is 4.47 Å². The van der Waals surface area contributed by atoms with Crippen LogP contribution >= 0.6 is 15.9 Å². The first kappa shape index (κ1) is 12.6. The van der Waals surface area contributed by atoms with Gasteiger partial charge in [0.2, 0.25) is 5.82 Å². The topological polar surface area (TPSA) is 69.4 Å². The number of rotatable bonds is 3. The van der Waals surface area contributed by atoms with Crippen molar-refractivity contribution in [2.24, 2.45) is 0 Å². The average molecular weight is 292 g/mol. The number of nitrogens with zero attached hydrogens (tertiary/aromatic N) is 1. The number of hydrogen-bond acceptors (Lipinski definition) is 4. The summed E-state index contributed by atoms with van der Waals surface area (Å²) in [5.74, 6) is -1.75. The number of esters is 1. The van der Waals surface area contributed by atoms with Crippen LogP contribution in [0.5, 0.6) is 0 Å². The molecule has 0 spiro atoms. The van der Waals surface area contributed by atoms with Crippen LogP contribution < -0.4 is 0 Å². The van der Waals surface area contributed by atoms with Gasteiger partial charge in [-0.2, -0.15) is 4.39 Å². The molecule has 0 radical (unpaired) electrons. The van der Waals surface area contributed by atoms with E-state index in [9.17, 15) is 19.3 Å². The highest BCUT2D eigenvalue weighted by atomic mass is 79.9. The van der Waals surface area contributed by atoms with Crippen LogP contribution in [0.3, 0.4) is 0 Å². The van der Waals surface area contributed by atoms with Gasteiger partial charge in [-0.15, -0.1) is 0 Å². The van der Waals surface area contributed by atoms with Gasteiger partial charge >= 0.3 is 11.7 Å². The minimum absolute atomic E-state index is 0.0741. The lowest BCUT2D eigenvalue weighted by Crippen LogP contribution is -2.07. The molecule has 0 aliphatic heterocycles. The molecule has 0 aliphatic carbocycles. The van der Waals surface area contributed by atoms with Crippen molar-refractivity contribution < 1.29 is 18.8 Å². The molecule has 1 aromatic rings. The lowest BCUT2D eigenvalue weighted by molar-refractivity contribution is -0.388. The summed E-state index contributed by atoms with van der Waals surface area (Å²) in [7, 11) is 0. The minimum atomic E-state index is -1.01. The number of nitro benzene ring substituents is 1. The molecule has 16 heavy (non-hydrogen) atoms. The van der Waals surface area contributed by atoms with E-state index in [4.69, 9.17) is 0 Å². The van der Waals surface area contributed by atoms with Crippen LogP contribution in [0.15, 0.2) is 16.6 Å². The largest absolute Gasteiger partial charge is 0.462 e. The van der Waals surface area contributed by atoms with E-state index in [1.54, 1.807) is 6.92 Å². The predicted molar refractivity (Wildman–Crippen MR) is 56.7 cm³/mol. The summed E-state index contributed by atoms with van der Waals surface area (Å²) in [5, 5.41) is 10.6. The Bertz CT molecular complexity index is 449. The second-order valence-corrected chi connectivity index (χ2v) is 3.53. The number of ether oxygens (including phenoxy) is 1. The fourth-order valence-corrected chi connectivity index (χ4v) is 1.70.